The van der Waals surface area contributed by atoms with Crippen LogP contribution in [0.3, 0.4) is 0 Å². The Labute approximate surface area is 120 Å². The molecular weight excluding hydrogens is 281 g/mol. The van der Waals surface area contributed by atoms with E-state index < -0.39 is 18.3 Å². The van der Waals surface area contributed by atoms with Gasteiger partial charge in [-0.1, -0.05) is 30.3 Å². The molecule has 110 valence electrons. The van der Waals surface area contributed by atoms with Crippen LogP contribution in [0.4, 0.5) is 13.2 Å². The maximum Gasteiger partial charge on any atom is 0.306 e. The Morgan fingerprint density at radius 3 is 2.38 bits per heavy atom. The summed E-state index contributed by atoms with van der Waals surface area (Å²) < 4.78 is 46.3. The van der Waals surface area contributed by atoms with Crippen LogP contribution in [-0.4, -0.2) is 12.4 Å². The van der Waals surface area contributed by atoms with Gasteiger partial charge in [0.2, 0.25) is 0 Å². The fraction of sp³-hybridized carbons (Fsp3) is 0.188. The van der Waals surface area contributed by atoms with E-state index in [4.69, 9.17) is 4.74 Å². The van der Waals surface area contributed by atoms with Crippen molar-refractivity contribution in [2.75, 3.05) is 6.61 Å². The number of hydrogen-bond acceptors (Lipinski definition) is 2. The van der Waals surface area contributed by atoms with Crippen molar-refractivity contribution in [2.45, 2.75) is 12.8 Å². The van der Waals surface area contributed by atoms with Crippen LogP contribution in [0.2, 0.25) is 0 Å². The van der Waals surface area contributed by atoms with E-state index in [0.717, 1.165) is 6.07 Å². The molecule has 0 heterocycles. The van der Waals surface area contributed by atoms with Gasteiger partial charge in [0, 0.05) is 11.1 Å². The molecule has 0 aromatic heterocycles. The van der Waals surface area contributed by atoms with Crippen LogP contribution < -0.4 is 4.74 Å². The molecule has 0 aliphatic carbocycles. The number of Topliss-reactive ketones (excluding diaryl/α,β-unsaturated/α-hetero) is 1. The van der Waals surface area contributed by atoms with E-state index in [1.807, 2.05) is 0 Å². The smallest absolute Gasteiger partial charge is 0.306 e. The number of carbonyl (C=O) groups is 1. The normalized spacial score (nSPS) is 11.2. The SMILES string of the molecule is CC(=O)c1ccc(OCC(F)(F)c2ccccc2)c(F)c1. The third-order valence-electron chi connectivity index (χ3n) is 2.94. The van der Waals surface area contributed by atoms with Crippen LogP contribution in [0.15, 0.2) is 48.5 Å². The lowest BCUT2D eigenvalue weighted by Gasteiger charge is -2.17. The fourth-order valence-corrected chi connectivity index (χ4v) is 1.77. The zero-order chi connectivity index (χ0) is 15.5. The molecule has 0 fully saturated rings. The Morgan fingerprint density at radius 2 is 1.81 bits per heavy atom. The van der Waals surface area contributed by atoms with Gasteiger partial charge in [-0.25, -0.2) is 4.39 Å². The highest BCUT2D eigenvalue weighted by Crippen LogP contribution is 2.29. The first-order chi connectivity index (χ1) is 9.90. The van der Waals surface area contributed by atoms with Gasteiger partial charge in [-0.15, -0.1) is 0 Å². The highest BCUT2D eigenvalue weighted by molar-refractivity contribution is 5.94. The zero-order valence-corrected chi connectivity index (χ0v) is 11.3. The average Bonchev–Trinajstić information content (AvgIpc) is 2.46. The largest absolute Gasteiger partial charge is 0.484 e. The second-order valence-electron chi connectivity index (χ2n) is 4.56. The third kappa shape index (κ3) is 3.62. The molecule has 0 radical (unpaired) electrons. The van der Waals surface area contributed by atoms with Crippen molar-refractivity contribution in [1.82, 2.24) is 0 Å². The van der Waals surface area contributed by atoms with Gasteiger partial charge in [-0.2, -0.15) is 8.78 Å². The molecule has 2 aromatic rings. The summed E-state index contributed by atoms with van der Waals surface area (Å²) in [5.74, 6) is -4.69. The van der Waals surface area contributed by atoms with Crippen LogP contribution in [0.1, 0.15) is 22.8 Å². The summed E-state index contributed by atoms with van der Waals surface area (Å²) >= 11 is 0. The molecule has 0 unspecified atom stereocenters. The molecule has 5 heteroatoms. The Bertz CT molecular complexity index is 639. The van der Waals surface area contributed by atoms with Gasteiger partial charge >= 0.3 is 5.92 Å². The summed E-state index contributed by atoms with van der Waals surface area (Å²) in [7, 11) is 0. The summed E-state index contributed by atoms with van der Waals surface area (Å²) in [6, 6.07) is 10.6. The van der Waals surface area contributed by atoms with E-state index in [9.17, 15) is 18.0 Å². The first-order valence-electron chi connectivity index (χ1n) is 6.27. The number of alkyl halides is 2. The zero-order valence-electron chi connectivity index (χ0n) is 11.3. The van der Waals surface area contributed by atoms with Crippen molar-refractivity contribution in [3.63, 3.8) is 0 Å². The lowest BCUT2D eigenvalue weighted by atomic mass is 10.1. The number of ketones is 1. The molecule has 0 N–H and O–H groups in total. The number of benzene rings is 2. The van der Waals surface area contributed by atoms with Crippen LogP contribution in [0.5, 0.6) is 5.75 Å². The minimum atomic E-state index is -3.23. The summed E-state index contributed by atoms with van der Waals surface area (Å²) in [5, 5.41) is 0. The Kier molecular flexibility index (Phi) is 4.31. The standard InChI is InChI=1S/C16H13F3O2/c1-11(20)12-7-8-15(14(17)9-12)21-10-16(18,19)13-5-3-2-4-6-13/h2-9H,10H2,1H3. The van der Waals surface area contributed by atoms with Crippen LogP contribution in [0.25, 0.3) is 0 Å². The minimum Gasteiger partial charge on any atom is -0.484 e. The third-order valence-corrected chi connectivity index (χ3v) is 2.94. The first-order valence-corrected chi connectivity index (χ1v) is 6.27. The minimum absolute atomic E-state index is 0.162. The van der Waals surface area contributed by atoms with E-state index in [1.165, 1.54) is 43.3 Å². The fourth-order valence-electron chi connectivity index (χ4n) is 1.77. The number of halogens is 3. The quantitative estimate of drug-likeness (QED) is 0.773. The highest BCUT2D eigenvalue weighted by Gasteiger charge is 2.32. The van der Waals surface area contributed by atoms with E-state index in [1.54, 1.807) is 6.07 Å². The summed E-state index contributed by atoms with van der Waals surface area (Å²) in [4.78, 5) is 11.1. The molecular formula is C16H13F3O2. The van der Waals surface area contributed by atoms with E-state index in [0.29, 0.717) is 0 Å². The number of hydrogen-bond donors (Lipinski definition) is 0. The van der Waals surface area contributed by atoms with Gasteiger partial charge in [-0.3, -0.25) is 4.79 Å². The lowest BCUT2D eigenvalue weighted by Crippen LogP contribution is -2.23. The van der Waals surface area contributed by atoms with Crippen molar-refractivity contribution < 1.29 is 22.7 Å². The predicted octanol–water partition coefficient (Wildman–Crippen LogP) is 4.20. The van der Waals surface area contributed by atoms with E-state index in [-0.39, 0.29) is 22.7 Å². The maximum atomic E-state index is 13.9. The van der Waals surface area contributed by atoms with Gasteiger partial charge in [0.05, 0.1) is 0 Å². The molecule has 0 aliphatic rings. The summed E-state index contributed by atoms with van der Waals surface area (Å²) in [6.07, 6.45) is 0. The molecule has 0 bridgehead atoms. The van der Waals surface area contributed by atoms with Crippen molar-refractivity contribution in [2.24, 2.45) is 0 Å². The van der Waals surface area contributed by atoms with Gasteiger partial charge < -0.3 is 4.74 Å². The molecule has 0 saturated carbocycles. The molecule has 2 nitrogen and oxygen atoms in total. The summed E-state index contributed by atoms with van der Waals surface area (Å²) in [5.41, 5.74) is -0.0413. The maximum absolute atomic E-state index is 13.9. The van der Waals surface area contributed by atoms with Gasteiger partial charge in [0.15, 0.2) is 24.0 Å². The average molecular weight is 294 g/mol. The molecule has 21 heavy (non-hydrogen) atoms. The molecule has 0 amide bonds. The van der Waals surface area contributed by atoms with E-state index in [2.05, 4.69) is 0 Å². The van der Waals surface area contributed by atoms with Crippen LogP contribution in [0, 0.1) is 5.82 Å². The molecule has 2 rings (SSSR count). The molecule has 0 atom stereocenters. The number of rotatable bonds is 5. The summed E-state index contributed by atoms with van der Waals surface area (Å²) in [6.45, 7) is 0.312. The Hall–Kier alpha value is -2.30. The lowest BCUT2D eigenvalue weighted by molar-refractivity contribution is -0.0475. The first kappa shape index (κ1) is 15.1. The second-order valence-corrected chi connectivity index (χ2v) is 4.56. The highest BCUT2D eigenvalue weighted by atomic mass is 19.3. The number of carbonyl (C=O) groups excluding carboxylic acids is 1. The van der Waals surface area contributed by atoms with Crippen LogP contribution in [-0.2, 0) is 5.92 Å². The van der Waals surface area contributed by atoms with Gasteiger partial charge in [-0.05, 0) is 25.1 Å². The van der Waals surface area contributed by atoms with Gasteiger partial charge in [0.1, 0.15) is 0 Å². The number of ether oxygens (including phenoxy) is 1. The topological polar surface area (TPSA) is 26.3 Å². The van der Waals surface area contributed by atoms with Crippen molar-refractivity contribution in [3.05, 3.63) is 65.5 Å². The van der Waals surface area contributed by atoms with Crippen molar-refractivity contribution >= 4 is 5.78 Å². The van der Waals surface area contributed by atoms with Crippen molar-refractivity contribution in [3.8, 4) is 5.75 Å². The Morgan fingerprint density at radius 1 is 1.14 bits per heavy atom. The monoisotopic (exact) mass is 294 g/mol. The molecule has 0 spiro atoms. The van der Waals surface area contributed by atoms with Crippen molar-refractivity contribution in [1.29, 1.82) is 0 Å². The van der Waals surface area contributed by atoms with E-state index >= 15 is 0 Å². The Balaban J connectivity index is 2.11. The van der Waals surface area contributed by atoms with Gasteiger partial charge in [0.25, 0.3) is 0 Å². The predicted molar refractivity (Wildman–Crippen MR) is 72.2 cm³/mol. The molecule has 2 aromatic carbocycles. The molecule has 0 saturated heterocycles. The van der Waals surface area contributed by atoms with Crippen LogP contribution >= 0.6 is 0 Å². The molecule has 0 aliphatic heterocycles. The second kappa shape index (κ2) is 5.99.